The van der Waals surface area contributed by atoms with Gasteiger partial charge in [-0.2, -0.15) is 0 Å². The molecule has 0 aromatic heterocycles. The lowest BCUT2D eigenvalue weighted by Crippen LogP contribution is -1.86. The molecule has 0 radical (unpaired) electrons. The van der Waals surface area contributed by atoms with Crippen LogP contribution in [0.2, 0.25) is 0 Å². The van der Waals surface area contributed by atoms with Gasteiger partial charge in [0.15, 0.2) is 0 Å². The van der Waals surface area contributed by atoms with Gasteiger partial charge in [0.2, 0.25) is 0 Å². The van der Waals surface area contributed by atoms with Crippen molar-refractivity contribution >= 4 is 6.08 Å². The molecule has 1 aromatic carbocycles. The van der Waals surface area contributed by atoms with Crippen LogP contribution in [0, 0.1) is 5.92 Å². The van der Waals surface area contributed by atoms with Crippen molar-refractivity contribution in [3.63, 3.8) is 0 Å². The number of benzene rings is 1. The Labute approximate surface area is 124 Å². The van der Waals surface area contributed by atoms with Gasteiger partial charge in [-0.3, -0.25) is 0 Å². The molecule has 0 spiro atoms. The van der Waals surface area contributed by atoms with Gasteiger partial charge < -0.3 is 0 Å². The lowest BCUT2D eigenvalue weighted by atomic mass is 10.0. The molecule has 20 heavy (non-hydrogen) atoms. The van der Waals surface area contributed by atoms with E-state index in [0.717, 1.165) is 6.42 Å². The van der Waals surface area contributed by atoms with Crippen molar-refractivity contribution in [2.45, 2.75) is 34.1 Å². The predicted octanol–water partition coefficient (Wildman–Crippen LogP) is 6.19. The Balaban J connectivity index is 2.78. The minimum Gasteiger partial charge on any atom is -0.0911 e. The molecule has 1 rings (SSSR count). The first-order valence-electron chi connectivity index (χ1n) is 7.40. The molecule has 0 unspecified atom stereocenters. The van der Waals surface area contributed by atoms with Crippen LogP contribution in [0.3, 0.4) is 0 Å². The Morgan fingerprint density at radius 2 is 1.90 bits per heavy atom. The highest BCUT2D eigenvalue weighted by Crippen LogP contribution is 2.13. The van der Waals surface area contributed by atoms with Crippen LogP contribution in [0.15, 0.2) is 71.9 Å². The van der Waals surface area contributed by atoms with Gasteiger partial charge in [0.1, 0.15) is 0 Å². The number of allylic oxidation sites excluding steroid dienone is 7. The van der Waals surface area contributed by atoms with Crippen LogP contribution in [0.4, 0.5) is 0 Å². The van der Waals surface area contributed by atoms with Crippen LogP contribution < -0.4 is 0 Å². The third-order valence-electron chi connectivity index (χ3n) is 3.13. The van der Waals surface area contributed by atoms with E-state index in [0.29, 0.717) is 5.92 Å². The first-order chi connectivity index (χ1) is 9.65. The second-order valence-electron chi connectivity index (χ2n) is 5.11. The highest BCUT2D eigenvalue weighted by atomic mass is 14.0. The van der Waals surface area contributed by atoms with Gasteiger partial charge in [0.25, 0.3) is 0 Å². The van der Waals surface area contributed by atoms with Gasteiger partial charge in [-0.15, -0.1) is 0 Å². The maximum Gasteiger partial charge on any atom is -0.00762 e. The zero-order chi connectivity index (χ0) is 14.8. The number of hydrogen-bond acceptors (Lipinski definition) is 0. The monoisotopic (exact) mass is 266 g/mol. The maximum atomic E-state index is 2.33. The first-order valence-corrected chi connectivity index (χ1v) is 7.40. The van der Waals surface area contributed by atoms with Crippen LogP contribution in [-0.4, -0.2) is 0 Å². The summed E-state index contributed by atoms with van der Waals surface area (Å²) in [5, 5.41) is 0. The summed E-state index contributed by atoms with van der Waals surface area (Å²) < 4.78 is 0. The molecule has 0 amide bonds. The van der Waals surface area contributed by atoms with Gasteiger partial charge in [0.05, 0.1) is 0 Å². The van der Waals surface area contributed by atoms with E-state index in [2.05, 4.69) is 88.4 Å². The molecule has 0 saturated carbocycles. The van der Waals surface area contributed by atoms with Gasteiger partial charge in [-0.1, -0.05) is 91.8 Å². The van der Waals surface area contributed by atoms with E-state index in [9.17, 15) is 0 Å². The minimum absolute atomic E-state index is 0.497. The average molecular weight is 266 g/mol. The summed E-state index contributed by atoms with van der Waals surface area (Å²) in [6.07, 6.45) is 14.4. The molecule has 0 nitrogen and oxygen atoms in total. The summed E-state index contributed by atoms with van der Waals surface area (Å²) >= 11 is 0. The van der Waals surface area contributed by atoms with E-state index in [1.807, 2.05) is 6.07 Å². The molecular formula is C20H26. The highest BCUT2D eigenvalue weighted by Gasteiger charge is 1.95. The molecular weight excluding hydrogens is 240 g/mol. The number of rotatable bonds is 6. The third kappa shape index (κ3) is 6.38. The fourth-order valence-electron chi connectivity index (χ4n) is 2.10. The van der Waals surface area contributed by atoms with Crippen molar-refractivity contribution in [2.75, 3.05) is 0 Å². The van der Waals surface area contributed by atoms with Crippen molar-refractivity contribution in [1.29, 1.82) is 0 Å². The van der Waals surface area contributed by atoms with Crippen molar-refractivity contribution in [3.8, 4) is 0 Å². The summed E-state index contributed by atoms with van der Waals surface area (Å²) in [4.78, 5) is 0. The molecule has 0 aliphatic carbocycles. The molecule has 0 heterocycles. The second kappa shape index (κ2) is 9.14. The Morgan fingerprint density at radius 3 is 2.50 bits per heavy atom. The fourth-order valence-corrected chi connectivity index (χ4v) is 2.10. The summed E-state index contributed by atoms with van der Waals surface area (Å²) in [6.45, 7) is 8.65. The van der Waals surface area contributed by atoms with Crippen molar-refractivity contribution in [1.82, 2.24) is 0 Å². The van der Waals surface area contributed by atoms with Crippen molar-refractivity contribution < 1.29 is 0 Å². The Kier molecular flexibility index (Phi) is 7.42. The van der Waals surface area contributed by atoms with Crippen LogP contribution in [0.1, 0.15) is 39.7 Å². The van der Waals surface area contributed by atoms with Gasteiger partial charge in [0, 0.05) is 0 Å². The van der Waals surface area contributed by atoms with Crippen LogP contribution in [-0.2, 0) is 0 Å². The van der Waals surface area contributed by atoms with Crippen LogP contribution in [0.5, 0.6) is 0 Å². The molecule has 0 heteroatoms. The highest BCUT2D eigenvalue weighted by molar-refractivity contribution is 5.53. The zero-order valence-electron chi connectivity index (χ0n) is 13.1. The standard InChI is InChI=1S/C20H26/c1-5-10-17(3)15-19(6-2)16-18(4)13-14-20-11-8-7-9-12-20/h5,7-17H,6H2,1-4H3/t17-/m0/s1. The molecule has 0 aliphatic rings. The van der Waals surface area contributed by atoms with Crippen molar-refractivity contribution in [2.24, 2.45) is 5.92 Å². The topological polar surface area (TPSA) is 0 Å². The molecule has 0 bridgehead atoms. The average Bonchev–Trinajstić information content (AvgIpc) is 2.45. The van der Waals surface area contributed by atoms with Crippen LogP contribution in [0.25, 0.3) is 6.08 Å². The van der Waals surface area contributed by atoms with E-state index in [-0.39, 0.29) is 0 Å². The van der Waals surface area contributed by atoms with E-state index in [1.54, 1.807) is 0 Å². The summed E-state index contributed by atoms with van der Waals surface area (Å²) in [5.74, 6) is 0.497. The molecule has 0 saturated heterocycles. The lowest BCUT2D eigenvalue weighted by molar-refractivity contribution is 0.914. The second-order valence-corrected chi connectivity index (χ2v) is 5.11. The molecule has 1 aromatic rings. The van der Waals surface area contributed by atoms with E-state index in [1.165, 1.54) is 16.7 Å². The molecule has 1 atom stereocenters. The normalized spacial score (nSPS) is 15.2. The smallest absolute Gasteiger partial charge is 0.00762 e. The summed E-state index contributed by atoms with van der Waals surface area (Å²) in [7, 11) is 0. The molecule has 0 fully saturated rings. The van der Waals surface area contributed by atoms with E-state index >= 15 is 0 Å². The maximum absolute atomic E-state index is 2.33. The minimum atomic E-state index is 0.497. The number of hydrogen-bond donors (Lipinski definition) is 0. The molecule has 0 N–H and O–H groups in total. The quantitative estimate of drug-likeness (QED) is 0.425. The zero-order valence-corrected chi connectivity index (χ0v) is 13.1. The van der Waals surface area contributed by atoms with Crippen LogP contribution >= 0.6 is 0 Å². The molecule has 0 aliphatic heterocycles. The summed E-state index contributed by atoms with van der Waals surface area (Å²) in [5.41, 5.74) is 3.92. The largest absolute Gasteiger partial charge is 0.0911 e. The first kappa shape index (κ1) is 16.2. The third-order valence-corrected chi connectivity index (χ3v) is 3.13. The van der Waals surface area contributed by atoms with Crippen molar-refractivity contribution in [3.05, 3.63) is 77.4 Å². The predicted molar refractivity (Wildman–Crippen MR) is 91.6 cm³/mol. The SMILES string of the molecule is CC=C[C@H](C)C=C(C=C(C)C=Cc1ccccc1)CC. The van der Waals surface area contributed by atoms with Gasteiger partial charge in [-0.05, 0) is 31.7 Å². The van der Waals surface area contributed by atoms with Gasteiger partial charge in [-0.25, -0.2) is 0 Å². The lowest BCUT2D eigenvalue weighted by Gasteiger charge is -2.03. The van der Waals surface area contributed by atoms with Gasteiger partial charge >= 0.3 is 0 Å². The van der Waals surface area contributed by atoms with E-state index in [4.69, 9.17) is 0 Å². The fraction of sp³-hybridized carbons (Fsp3) is 0.300. The Hall–Kier alpha value is -1.82. The molecule has 106 valence electrons. The Bertz CT molecular complexity index is 498. The van der Waals surface area contributed by atoms with E-state index < -0.39 is 0 Å². The summed E-state index contributed by atoms with van der Waals surface area (Å²) in [6, 6.07) is 10.4. The Morgan fingerprint density at radius 1 is 1.20 bits per heavy atom.